The molecular weight excluding hydrogens is 412 g/mol. The van der Waals surface area contributed by atoms with E-state index in [0.29, 0.717) is 0 Å². The SMILES string of the molecule is c1ccc(OC2CCN(Sc3ccc4ccoc4c3NOC3CCCCO3)CC2)cc1. The van der Waals surface area contributed by atoms with Gasteiger partial charge in [-0.15, -0.1) is 0 Å². The Morgan fingerprint density at radius 3 is 2.65 bits per heavy atom. The van der Waals surface area contributed by atoms with E-state index in [1.165, 1.54) is 0 Å². The first-order valence-corrected chi connectivity index (χ1v) is 11.8. The lowest BCUT2D eigenvalue weighted by Crippen LogP contribution is -2.34. The van der Waals surface area contributed by atoms with Crippen LogP contribution in [-0.4, -0.2) is 36.4 Å². The number of furan rings is 1. The van der Waals surface area contributed by atoms with Crippen LogP contribution in [0.4, 0.5) is 5.69 Å². The maximum Gasteiger partial charge on any atom is 0.183 e. The molecule has 7 heteroatoms. The van der Waals surface area contributed by atoms with E-state index in [1.54, 1.807) is 18.2 Å². The summed E-state index contributed by atoms with van der Waals surface area (Å²) in [4.78, 5) is 6.96. The molecular formula is C24H28N2O4S. The lowest BCUT2D eigenvalue weighted by Gasteiger charge is -2.31. The third kappa shape index (κ3) is 5.18. The Hall–Kier alpha value is -2.19. The number of nitrogens with zero attached hydrogens (tertiary/aromatic N) is 1. The van der Waals surface area contributed by atoms with Crippen LogP contribution in [0, 0.1) is 0 Å². The Balaban J connectivity index is 1.22. The number of anilines is 1. The Morgan fingerprint density at radius 2 is 1.84 bits per heavy atom. The van der Waals surface area contributed by atoms with Crippen LogP contribution in [0.5, 0.6) is 5.75 Å². The molecule has 2 aliphatic rings. The van der Waals surface area contributed by atoms with Gasteiger partial charge < -0.3 is 13.9 Å². The zero-order chi connectivity index (χ0) is 20.9. The Labute approximate surface area is 186 Å². The molecule has 1 aromatic heterocycles. The minimum Gasteiger partial charge on any atom is -0.490 e. The van der Waals surface area contributed by atoms with Crippen molar-refractivity contribution in [2.45, 2.75) is 49.4 Å². The van der Waals surface area contributed by atoms with Gasteiger partial charge in [-0.3, -0.25) is 5.48 Å². The highest BCUT2D eigenvalue weighted by Crippen LogP contribution is 2.38. The van der Waals surface area contributed by atoms with Crippen molar-refractivity contribution in [3.63, 3.8) is 0 Å². The number of piperidine rings is 1. The van der Waals surface area contributed by atoms with Gasteiger partial charge in [0.05, 0.1) is 11.2 Å². The van der Waals surface area contributed by atoms with E-state index in [-0.39, 0.29) is 12.4 Å². The zero-order valence-corrected chi connectivity index (χ0v) is 18.3. The van der Waals surface area contributed by atoms with Gasteiger partial charge in [0.15, 0.2) is 11.9 Å². The molecule has 2 saturated heterocycles. The van der Waals surface area contributed by atoms with Crippen molar-refractivity contribution in [3.8, 4) is 5.75 Å². The Bertz CT molecular complexity index is 966. The van der Waals surface area contributed by atoms with Gasteiger partial charge in [0.2, 0.25) is 0 Å². The van der Waals surface area contributed by atoms with E-state index in [9.17, 15) is 0 Å². The molecule has 2 fully saturated rings. The van der Waals surface area contributed by atoms with Gasteiger partial charge in [-0.2, -0.15) is 0 Å². The van der Waals surface area contributed by atoms with Crippen molar-refractivity contribution in [1.29, 1.82) is 0 Å². The molecule has 1 unspecified atom stereocenters. The predicted molar refractivity (Wildman–Crippen MR) is 122 cm³/mol. The normalized spacial score (nSPS) is 20.7. The number of fused-ring (bicyclic) bond motifs is 1. The van der Waals surface area contributed by atoms with Crippen molar-refractivity contribution in [3.05, 3.63) is 54.8 Å². The van der Waals surface area contributed by atoms with Gasteiger partial charge in [-0.25, -0.2) is 9.14 Å². The van der Waals surface area contributed by atoms with E-state index in [0.717, 1.165) is 79.1 Å². The summed E-state index contributed by atoms with van der Waals surface area (Å²) in [6.45, 7) is 2.67. The van der Waals surface area contributed by atoms with Gasteiger partial charge in [0, 0.05) is 31.5 Å². The van der Waals surface area contributed by atoms with Gasteiger partial charge in [0.1, 0.15) is 17.5 Å². The second-order valence-corrected chi connectivity index (χ2v) is 9.08. The van der Waals surface area contributed by atoms with Crippen molar-refractivity contribution < 1.29 is 18.7 Å². The molecule has 0 amide bonds. The third-order valence-corrected chi connectivity index (χ3v) is 6.85. The first-order valence-electron chi connectivity index (χ1n) is 11.0. The number of rotatable bonds is 7. The van der Waals surface area contributed by atoms with Crippen molar-refractivity contribution >= 4 is 28.6 Å². The second-order valence-electron chi connectivity index (χ2n) is 7.94. The first kappa shape index (κ1) is 20.7. The fourth-order valence-corrected chi connectivity index (χ4v) is 5.01. The maximum atomic E-state index is 6.13. The molecule has 31 heavy (non-hydrogen) atoms. The number of ether oxygens (including phenoxy) is 2. The summed E-state index contributed by atoms with van der Waals surface area (Å²) in [5, 5.41) is 1.05. The standard InChI is InChI=1S/C24H28N2O4S/c1-2-6-19(7-3-1)29-20-11-14-26(15-12-20)31-21-10-9-18-13-17-28-24(18)23(21)25-30-22-8-4-5-16-27-22/h1-3,6-7,9-10,13,17,20,22,25H,4-5,8,11-12,14-16H2. The predicted octanol–water partition coefficient (Wildman–Crippen LogP) is 5.85. The molecule has 3 aromatic rings. The van der Waals surface area contributed by atoms with Crippen LogP contribution < -0.4 is 10.2 Å². The topological polar surface area (TPSA) is 56.1 Å². The van der Waals surface area contributed by atoms with E-state index >= 15 is 0 Å². The van der Waals surface area contributed by atoms with Gasteiger partial charge >= 0.3 is 0 Å². The minimum absolute atomic E-state index is 0.220. The van der Waals surface area contributed by atoms with Crippen molar-refractivity contribution in [1.82, 2.24) is 4.31 Å². The molecule has 0 aliphatic carbocycles. The number of hydrogen-bond acceptors (Lipinski definition) is 7. The minimum atomic E-state index is -0.220. The number of benzene rings is 2. The number of nitrogens with one attached hydrogen (secondary N) is 1. The molecule has 2 aliphatic heterocycles. The maximum absolute atomic E-state index is 6.13. The first-order chi connectivity index (χ1) is 15.3. The van der Waals surface area contributed by atoms with Gasteiger partial charge in [-0.1, -0.05) is 18.2 Å². The third-order valence-electron chi connectivity index (χ3n) is 5.69. The molecule has 5 rings (SSSR count). The summed E-state index contributed by atoms with van der Waals surface area (Å²) in [7, 11) is 0. The summed E-state index contributed by atoms with van der Waals surface area (Å²) in [5.41, 5.74) is 4.83. The van der Waals surface area contributed by atoms with Crippen molar-refractivity contribution in [2.75, 3.05) is 25.2 Å². The Kier molecular flexibility index (Phi) is 6.65. The lowest BCUT2D eigenvalue weighted by molar-refractivity contribution is -0.145. The summed E-state index contributed by atoms with van der Waals surface area (Å²) in [5.74, 6) is 0.949. The highest BCUT2D eigenvalue weighted by atomic mass is 32.2. The summed E-state index contributed by atoms with van der Waals surface area (Å²) in [6.07, 6.45) is 6.88. The summed E-state index contributed by atoms with van der Waals surface area (Å²) in [6, 6.07) is 16.3. The largest absolute Gasteiger partial charge is 0.490 e. The molecule has 1 atom stereocenters. The zero-order valence-electron chi connectivity index (χ0n) is 17.5. The Morgan fingerprint density at radius 1 is 0.968 bits per heavy atom. The second kappa shape index (κ2) is 9.96. The average Bonchev–Trinajstić information content (AvgIpc) is 3.30. The average molecular weight is 441 g/mol. The number of hydrogen-bond donors (Lipinski definition) is 1. The van der Waals surface area contributed by atoms with Gasteiger partial charge in [-0.05, 0) is 68.0 Å². The quantitative estimate of drug-likeness (QED) is 0.365. The smallest absolute Gasteiger partial charge is 0.183 e. The monoisotopic (exact) mass is 440 g/mol. The highest BCUT2D eigenvalue weighted by molar-refractivity contribution is 7.97. The summed E-state index contributed by atoms with van der Waals surface area (Å²) >= 11 is 1.74. The van der Waals surface area contributed by atoms with Crippen LogP contribution in [-0.2, 0) is 9.57 Å². The fourth-order valence-electron chi connectivity index (χ4n) is 3.99. The van der Waals surface area contributed by atoms with Gasteiger partial charge in [0.25, 0.3) is 0 Å². The van der Waals surface area contributed by atoms with E-state index in [4.69, 9.17) is 18.7 Å². The molecule has 1 N–H and O–H groups in total. The summed E-state index contributed by atoms with van der Waals surface area (Å²) < 4.78 is 20.0. The molecule has 164 valence electrons. The van der Waals surface area contributed by atoms with Crippen LogP contribution in [0.3, 0.4) is 0 Å². The number of para-hydroxylation sites is 1. The van der Waals surface area contributed by atoms with Crippen LogP contribution in [0.15, 0.2) is 64.1 Å². The molecule has 2 aromatic carbocycles. The lowest BCUT2D eigenvalue weighted by atomic mass is 10.1. The highest BCUT2D eigenvalue weighted by Gasteiger charge is 2.24. The molecule has 3 heterocycles. The fraction of sp³-hybridized carbons (Fsp3) is 0.417. The molecule has 0 radical (unpaired) electrons. The molecule has 0 bridgehead atoms. The molecule has 0 spiro atoms. The van der Waals surface area contributed by atoms with Crippen LogP contribution in [0.1, 0.15) is 32.1 Å². The van der Waals surface area contributed by atoms with Crippen LogP contribution in [0.25, 0.3) is 11.0 Å². The molecule has 6 nitrogen and oxygen atoms in total. The molecule has 0 saturated carbocycles. The van der Waals surface area contributed by atoms with Crippen LogP contribution >= 0.6 is 11.9 Å². The van der Waals surface area contributed by atoms with Crippen molar-refractivity contribution in [2.24, 2.45) is 0 Å². The van der Waals surface area contributed by atoms with E-state index in [2.05, 4.69) is 21.9 Å². The van der Waals surface area contributed by atoms with E-state index < -0.39 is 0 Å². The van der Waals surface area contributed by atoms with E-state index in [1.807, 2.05) is 36.4 Å². The van der Waals surface area contributed by atoms with Crippen LogP contribution in [0.2, 0.25) is 0 Å².